The lowest BCUT2D eigenvalue weighted by atomic mass is 9.81. The Hall–Kier alpha value is -0.830. The highest BCUT2D eigenvalue weighted by Crippen LogP contribution is 2.24. The van der Waals surface area contributed by atoms with Crippen LogP contribution < -0.4 is 5.32 Å². The SMILES string of the molecule is CC(=CC(=O)O)CNCC(C)(C)C(C)C. The largest absolute Gasteiger partial charge is 0.478 e. The topological polar surface area (TPSA) is 49.3 Å². The van der Waals surface area contributed by atoms with Crippen molar-refractivity contribution in [3.05, 3.63) is 11.6 Å². The Morgan fingerprint density at radius 2 is 2.00 bits per heavy atom. The summed E-state index contributed by atoms with van der Waals surface area (Å²) < 4.78 is 0. The Kier molecular flexibility index (Phi) is 5.58. The fraction of sp³-hybridized carbons (Fsp3) is 0.750. The number of carboxylic acids is 1. The fourth-order valence-electron chi connectivity index (χ4n) is 1.05. The molecule has 3 nitrogen and oxygen atoms in total. The van der Waals surface area contributed by atoms with Gasteiger partial charge in [0, 0.05) is 19.2 Å². The van der Waals surface area contributed by atoms with Crippen molar-refractivity contribution >= 4 is 5.97 Å². The van der Waals surface area contributed by atoms with E-state index in [2.05, 4.69) is 33.0 Å². The second-order valence-corrected chi connectivity index (χ2v) is 5.08. The van der Waals surface area contributed by atoms with Crippen molar-refractivity contribution in [3.63, 3.8) is 0 Å². The Morgan fingerprint density at radius 3 is 2.40 bits per heavy atom. The van der Waals surface area contributed by atoms with Crippen molar-refractivity contribution in [2.45, 2.75) is 34.6 Å². The minimum Gasteiger partial charge on any atom is -0.478 e. The van der Waals surface area contributed by atoms with Gasteiger partial charge >= 0.3 is 5.97 Å². The zero-order valence-electron chi connectivity index (χ0n) is 10.4. The number of hydrogen-bond acceptors (Lipinski definition) is 2. The van der Waals surface area contributed by atoms with Gasteiger partial charge in [0.25, 0.3) is 0 Å². The maximum absolute atomic E-state index is 10.4. The molecule has 0 aliphatic carbocycles. The molecule has 0 aromatic rings. The van der Waals surface area contributed by atoms with Gasteiger partial charge in [0.1, 0.15) is 0 Å². The molecule has 0 atom stereocenters. The summed E-state index contributed by atoms with van der Waals surface area (Å²) in [6.45, 7) is 12.2. The number of carboxylic acid groups (broad SMARTS) is 1. The third-order valence-electron chi connectivity index (χ3n) is 2.92. The molecule has 0 saturated heterocycles. The maximum atomic E-state index is 10.4. The van der Waals surface area contributed by atoms with Crippen LogP contribution in [-0.4, -0.2) is 24.2 Å². The van der Waals surface area contributed by atoms with E-state index < -0.39 is 5.97 Å². The Bertz CT molecular complexity index is 242. The molecule has 0 fully saturated rings. The Labute approximate surface area is 92.6 Å². The molecule has 15 heavy (non-hydrogen) atoms. The van der Waals surface area contributed by atoms with E-state index >= 15 is 0 Å². The zero-order valence-corrected chi connectivity index (χ0v) is 10.4. The molecule has 0 heterocycles. The molecule has 0 aromatic carbocycles. The van der Waals surface area contributed by atoms with Crippen molar-refractivity contribution in [3.8, 4) is 0 Å². The van der Waals surface area contributed by atoms with E-state index in [1.165, 1.54) is 6.08 Å². The molecular formula is C12H23NO2. The highest BCUT2D eigenvalue weighted by Gasteiger charge is 2.21. The number of rotatable bonds is 6. The predicted octanol–water partition coefficient (Wildman–Crippen LogP) is 2.29. The van der Waals surface area contributed by atoms with Crippen LogP contribution in [0, 0.1) is 11.3 Å². The smallest absolute Gasteiger partial charge is 0.328 e. The molecule has 0 aliphatic heterocycles. The van der Waals surface area contributed by atoms with Gasteiger partial charge in [-0.2, -0.15) is 0 Å². The highest BCUT2D eigenvalue weighted by molar-refractivity contribution is 5.80. The number of aliphatic carboxylic acids is 1. The first-order valence-corrected chi connectivity index (χ1v) is 5.36. The summed E-state index contributed by atoms with van der Waals surface area (Å²) >= 11 is 0. The standard InChI is InChI=1S/C12H23NO2/c1-9(2)12(4,5)8-13-7-10(3)6-11(14)15/h6,9,13H,7-8H2,1-5H3,(H,14,15). The van der Waals surface area contributed by atoms with Gasteiger partial charge in [0.15, 0.2) is 0 Å². The van der Waals surface area contributed by atoms with Crippen LogP contribution in [0.15, 0.2) is 11.6 Å². The quantitative estimate of drug-likeness (QED) is 0.666. The van der Waals surface area contributed by atoms with Crippen molar-refractivity contribution < 1.29 is 9.90 Å². The molecule has 88 valence electrons. The summed E-state index contributed by atoms with van der Waals surface area (Å²) in [6, 6.07) is 0. The summed E-state index contributed by atoms with van der Waals surface area (Å²) in [5.74, 6) is -0.272. The first-order valence-electron chi connectivity index (χ1n) is 5.36. The number of carbonyl (C=O) groups is 1. The van der Waals surface area contributed by atoms with Gasteiger partial charge in [-0.3, -0.25) is 0 Å². The summed E-state index contributed by atoms with van der Waals surface area (Å²) in [5.41, 5.74) is 1.09. The van der Waals surface area contributed by atoms with E-state index in [0.717, 1.165) is 12.1 Å². The van der Waals surface area contributed by atoms with Crippen LogP contribution in [0.5, 0.6) is 0 Å². The molecule has 0 rings (SSSR count). The third kappa shape index (κ3) is 6.28. The van der Waals surface area contributed by atoms with Gasteiger partial charge in [-0.25, -0.2) is 4.79 Å². The molecular weight excluding hydrogens is 190 g/mol. The molecule has 0 saturated carbocycles. The normalized spacial score (nSPS) is 13.3. The van der Waals surface area contributed by atoms with Gasteiger partial charge in [-0.1, -0.05) is 33.3 Å². The summed E-state index contributed by atoms with van der Waals surface area (Å²) in [4.78, 5) is 10.4. The van der Waals surface area contributed by atoms with Gasteiger partial charge in [0.05, 0.1) is 0 Å². The van der Waals surface area contributed by atoms with Crippen molar-refractivity contribution in [2.24, 2.45) is 11.3 Å². The van der Waals surface area contributed by atoms with E-state index in [4.69, 9.17) is 5.11 Å². The van der Waals surface area contributed by atoms with Crippen LogP contribution in [0.2, 0.25) is 0 Å². The molecule has 0 amide bonds. The average molecular weight is 213 g/mol. The van der Waals surface area contributed by atoms with Crippen LogP contribution in [-0.2, 0) is 4.79 Å². The van der Waals surface area contributed by atoms with Gasteiger partial charge < -0.3 is 10.4 Å². The lowest BCUT2D eigenvalue weighted by molar-refractivity contribution is -0.131. The molecule has 0 unspecified atom stereocenters. The summed E-state index contributed by atoms with van der Waals surface area (Å²) in [6.07, 6.45) is 1.25. The molecule has 0 aromatic heterocycles. The monoisotopic (exact) mass is 213 g/mol. The first-order chi connectivity index (χ1) is 6.75. The lowest BCUT2D eigenvalue weighted by Gasteiger charge is -2.29. The second-order valence-electron chi connectivity index (χ2n) is 5.08. The van der Waals surface area contributed by atoms with Crippen molar-refractivity contribution in [1.82, 2.24) is 5.32 Å². The molecule has 0 aliphatic rings. The number of nitrogens with one attached hydrogen (secondary N) is 1. The van der Waals surface area contributed by atoms with E-state index in [-0.39, 0.29) is 5.41 Å². The van der Waals surface area contributed by atoms with Gasteiger partial charge in [0.2, 0.25) is 0 Å². The van der Waals surface area contributed by atoms with E-state index in [1.54, 1.807) is 0 Å². The van der Waals surface area contributed by atoms with E-state index in [0.29, 0.717) is 12.5 Å². The van der Waals surface area contributed by atoms with Crippen molar-refractivity contribution in [1.29, 1.82) is 0 Å². The zero-order chi connectivity index (χ0) is 12.1. The van der Waals surface area contributed by atoms with Gasteiger partial charge in [-0.05, 0) is 18.3 Å². The van der Waals surface area contributed by atoms with Crippen LogP contribution in [0.4, 0.5) is 0 Å². The van der Waals surface area contributed by atoms with E-state index in [1.807, 2.05) is 6.92 Å². The first kappa shape index (κ1) is 14.2. The lowest BCUT2D eigenvalue weighted by Crippen LogP contribution is -2.34. The fourth-order valence-corrected chi connectivity index (χ4v) is 1.05. The molecule has 0 radical (unpaired) electrons. The Morgan fingerprint density at radius 1 is 1.47 bits per heavy atom. The molecule has 2 N–H and O–H groups in total. The van der Waals surface area contributed by atoms with Crippen molar-refractivity contribution in [2.75, 3.05) is 13.1 Å². The summed E-state index contributed by atoms with van der Waals surface area (Å²) in [5, 5.41) is 11.8. The molecule has 0 spiro atoms. The summed E-state index contributed by atoms with van der Waals surface area (Å²) in [7, 11) is 0. The Balaban J connectivity index is 3.95. The van der Waals surface area contributed by atoms with E-state index in [9.17, 15) is 4.79 Å². The molecule has 0 bridgehead atoms. The second kappa shape index (κ2) is 5.91. The van der Waals surface area contributed by atoms with Gasteiger partial charge in [-0.15, -0.1) is 0 Å². The van der Waals surface area contributed by atoms with Crippen LogP contribution >= 0.6 is 0 Å². The minimum atomic E-state index is -0.877. The number of hydrogen-bond donors (Lipinski definition) is 2. The predicted molar refractivity (Wildman–Crippen MR) is 62.9 cm³/mol. The minimum absolute atomic E-state index is 0.240. The highest BCUT2D eigenvalue weighted by atomic mass is 16.4. The molecule has 3 heteroatoms. The van der Waals surface area contributed by atoms with Crippen LogP contribution in [0.25, 0.3) is 0 Å². The maximum Gasteiger partial charge on any atom is 0.328 e. The third-order valence-corrected chi connectivity index (χ3v) is 2.92. The van der Waals surface area contributed by atoms with Crippen LogP contribution in [0.1, 0.15) is 34.6 Å². The van der Waals surface area contributed by atoms with Crippen LogP contribution in [0.3, 0.4) is 0 Å². The average Bonchev–Trinajstić information content (AvgIpc) is 2.01.